The van der Waals surface area contributed by atoms with E-state index in [0.717, 1.165) is 28.0 Å². The summed E-state index contributed by atoms with van der Waals surface area (Å²) < 4.78 is 7.81. The van der Waals surface area contributed by atoms with Crippen LogP contribution in [-0.4, -0.2) is 28.2 Å². The van der Waals surface area contributed by atoms with Crippen molar-refractivity contribution in [3.63, 3.8) is 0 Å². The highest BCUT2D eigenvalue weighted by Crippen LogP contribution is 2.26. The lowest BCUT2D eigenvalue weighted by Crippen LogP contribution is -2.06. The molecule has 1 aromatic heterocycles. The molecule has 3 aromatic rings. The second kappa shape index (κ2) is 9.59. The third-order valence-electron chi connectivity index (χ3n) is 4.66. The first kappa shape index (κ1) is 21.6. The lowest BCUT2D eigenvalue weighted by atomic mass is 9.96. The summed E-state index contributed by atoms with van der Waals surface area (Å²) in [4.78, 5) is 0. The minimum absolute atomic E-state index is 0.0382. The average Bonchev–Trinajstić information content (AvgIpc) is 3.06. The van der Waals surface area contributed by atoms with Gasteiger partial charge >= 0.3 is 0 Å². The molecule has 1 heterocycles. The molecule has 3 rings (SSSR count). The Kier molecular flexibility index (Phi) is 7.14. The van der Waals surface area contributed by atoms with Crippen molar-refractivity contribution in [2.45, 2.75) is 38.3 Å². The third-order valence-corrected chi connectivity index (χ3v) is 5.56. The van der Waals surface area contributed by atoms with Crippen molar-refractivity contribution in [1.82, 2.24) is 14.9 Å². The summed E-state index contributed by atoms with van der Waals surface area (Å²) in [5, 5.41) is 13.4. The molecule has 0 saturated carbocycles. The van der Waals surface area contributed by atoms with Gasteiger partial charge in [-0.15, -0.1) is 22.8 Å². The van der Waals surface area contributed by atoms with Gasteiger partial charge in [0.15, 0.2) is 5.82 Å². The summed E-state index contributed by atoms with van der Waals surface area (Å²) in [7, 11) is 1.64. The van der Waals surface area contributed by atoms with Crippen molar-refractivity contribution in [3.05, 3.63) is 69.5 Å². The van der Waals surface area contributed by atoms with Crippen LogP contribution < -0.4 is 4.74 Å². The van der Waals surface area contributed by atoms with Crippen LogP contribution in [-0.2, 0) is 6.42 Å². The van der Waals surface area contributed by atoms with Crippen molar-refractivity contribution in [2.75, 3.05) is 7.11 Å². The summed E-state index contributed by atoms with van der Waals surface area (Å²) in [5.41, 5.74) is 3.44. The van der Waals surface area contributed by atoms with Crippen molar-refractivity contribution >= 4 is 34.8 Å². The van der Waals surface area contributed by atoms with E-state index in [-0.39, 0.29) is 5.92 Å². The number of benzene rings is 2. The number of hydrogen-bond donors (Lipinski definition) is 1. The van der Waals surface area contributed by atoms with Crippen molar-refractivity contribution in [3.8, 4) is 5.75 Å². The highest BCUT2D eigenvalue weighted by atomic mass is 79.9. The second-order valence-corrected chi connectivity index (χ2v) is 8.62. The molecule has 0 bridgehead atoms. The zero-order chi connectivity index (χ0) is 21.0. The van der Waals surface area contributed by atoms with Crippen LogP contribution in [0.3, 0.4) is 0 Å². The van der Waals surface area contributed by atoms with Crippen LogP contribution in [0, 0.1) is 5.92 Å². The van der Waals surface area contributed by atoms with Crippen LogP contribution in [0.4, 0.5) is 0 Å². The minimum atomic E-state index is 0.0382. The number of ether oxygens (including phenoxy) is 1. The predicted molar refractivity (Wildman–Crippen MR) is 123 cm³/mol. The molecular weight excluding hydrogens is 448 g/mol. The van der Waals surface area contributed by atoms with Gasteiger partial charge in [0.2, 0.25) is 5.16 Å². The van der Waals surface area contributed by atoms with Gasteiger partial charge < -0.3 is 4.74 Å². The molecule has 152 valence electrons. The number of halogens is 1. The lowest BCUT2D eigenvalue weighted by Gasteiger charge is -2.12. The Hall–Kier alpha value is -2.12. The number of nitrogens with zero attached hydrogens (tertiary/aromatic N) is 4. The monoisotopic (exact) mass is 472 g/mol. The fraction of sp³-hybridized carbons (Fsp3) is 0.318. The zero-order valence-corrected chi connectivity index (χ0v) is 19.5. The molecular formula is C22H25BrN4OS. The summed E-state index contributed by atoms with van der Waals surface area (Å²) in [6, 6.07) is 14.5. The van der Waals surface area contributed by atoms with Crippen molar-refractivity contribution in [1.29, 1.82) is 0 Å². The Morgan fingerprint density at radius 2 is 1.86 bits per heavy atom. The van der Waals surface area contributed by atoms with Gasteiger partial charge in [0, 0.05) is 5.92 Å². The SMILES string of the molecule is COc1ccc(C=Nn2c(S)nnc2C(C)c2ccc(CC(C)C)cc2)cc1Br. The Balaban J connectivity index is 1.84. The van der Waals surface area contributed by atoms with E-state index in [9.17, 15) is 0 Å². The molecule has 0 amide bonds. The summed E-state index contributed by atoms with van der Waals surface area (Å²) in [5.74, 6) is 2.20. The van der Waals surface area contributed by atoms with Gasteiger partial charge in [-0.2, -0.15) is 9.78 Å². The second-order valence-electron chi connectivity index (χ2n) is 7.37. The quantitative estimate of drug-likeness (QED) is 0.361. The van der Waals surface area contributed by atoms with E-state index in [4.69, 9.17) is 4.74 Å². The molecule has 0 radical (unpaired) electrons. The first-order chi connectivity index (χ1) is 13.9. The van der Waals surface area contributed by atoms with E-state index in [2.05, 4.69) is 88.9 Å². The maximum absolute atomic E-state index is 5.27. The fourth-order valence-corrected chi connectivity index (χ4v) is 3.87. The molecule has 0 spiro atoms. The van der Waals surface area contributed by atoms with Gasteiger partial charge in [0.25, 0.3) is 0 Å². The largest absolute Gasteiger partial charge is 0.496 e. The first-order valence-corrected chi connectivity index (χ1v) is 10.7. The Bertz CT molecular complexity index is 999. The van der Waals surface area contributed by atoms with Gasteiger partial charge in [-0.25, -0.2) is 0 Å². The van der Waals surface area contributed by atoms with Crippen LogP contribution >= 0.6 is 28.6 Å². The van der Waals surface area contributed by atoms with E-state index in [1.807, 2.05) is 18.2 Å². The summed E-state index contributed by atoms with van der Waals surface area (Å²) in [6.45, 7) is 6.56. The highest BCUT2D eigenvalue weighted by Gasteiger charge is 2.18. The number of hydrogen-bond acceptors (Lipinski definition) is 5. The molecule has 2 aromatic carbocycles. The Labute approximate surface area is 185 Å². The van der Waals surface area contributed by atoms with Crippen LogP contribution in [0.2, 0.25) is 0 Å². The number of rotatable bonds is 7. The van der Waals surface area contributed by atoms with Crippen molar-refractivity contribution < 1.29 is 4.74 Å². The Morgan fingerprint density at radius 3 is 2.48 bits per heavy atom. The van der Waals surface area contributed by atoms with E-state index in [1.54, 1.807) is 18.0 Å². The lowest BCUT2D eigenvalue weighted by molar-refractivity contribution is 0.412. The predicted octanol–water partition coefficient (Wildman–Crippen LogP) is 5.57. The van der Waals surface area contributed by atoms with E-state index in [1.165, 1.54) is 11.1 Å². The molecule has 1 unspecified atom stereocenters. The summed E-state index contributed by atoms with van der Waals surface area (Å²) in [6.07, 6.45) is 2.84. The standard InChI is InChI=1S/C22H25BrN4OS/c1-14(2)11-16-5-8-18(9-6-16)15(3)21-25-26-22(29)27(21)24-13-17-7-10-20(28-4)19(23)12-17/h5-10,12-15H,11H2,1-4H3,(H,26,29). The maximum Gasteiger partial charge on any atom is 0.208 e. The topological polar surface area (TPSA) is 52.3 Å². The maximum atomic E-state index is 5.27. The molecule has 0 N–H and O–H groups in total. The zero-order valence-electron chi connectivity index (χ0n) is 17.0. The molecule has 0 fully saturated rings. The molecule has 5 nitrogen and oxygen atoms in total. The molecule has 0 aliphatic rings. The Morgan fingerprint density at radius 1 is 1.14 bits per heavy atom. The smallest absolute Gasteiger partial charge is 0.208 e. The van der Waals surface area contributed by atoms with Gasteiger partial charge in [-0.1, -0.05) is 45.0 Å². The van der Waals surface area contributed by atoms with Crippen LogP contribution in [0.25, 0.3) is 0 Å². The third kappa shape index (κ3) is 5.28. The molecule has 1 atom stereocenters. The minimum Gasteiger partial charge on any atom is -0.496 e. The van der Waals surface area contributed by atoms with Gasteiger partial charge in [-0.05, 0) is 63.2 Å². The van der Waals surface area contributed by atoms with Crippen LogP contribution in [0.5, 0.6) is 5.75 Å². The van der Waals surface area contributed by atoms with Gasteiger partial charge in [-0.3, -0.25) is 0 Å². The van der Waals surface area contributed by atoms with E-state index >= 15 is 0 Å². The average molecular weight is 473 g/mol. The number of thiol groups is 1. The van der Waals surface area contributed by atoms with Gasteiger partial charge in [0.1, 0.15) is 5.75 Å². The van der Waals surface area contributed by atoms with E-state index < -0.39 is 0 Å². The molecule has 0 saturated heterocycles. The van der Waals surface area contributed by atoms with Gasteiger partial charge in [0.05, 0.1) is 17.8 Å². The van der Waals surface area contributed by atoms with Crippen LogP contribution in [0.1, 0.15) is 49.2 Å². The van der Waals surface area contributed by atoms with E-state index in [0.29, 0.717) is 11.1 Å². The molecule has 29 heavy (non-hydrogen) atoms. The first-order valence-electron chi connectivity index (χ1n) is 9.50. The number of methoxy groups -OCH3 is 1. The highest BCUT2D eigenvalue weighted by molar-refractivity contribution is 9.10. The van der Waals surface area contributed by atoms with Crippen LogP contribution in [0.15, 0.2) is 57.2 Å². The summed E-state index contributed by atoms with van der Waals surface area (Å²) >= 11 is 7.92. The molecule has 7 heteroatoms. The fourth-order valence-electron chi connectivity index (χ4n) is 3.11. The van der Waals surface area contributed by atoms with Crippen molar-refractivity contribution in [2.24, 2.45) is 11.0 Å². The number of aromatic nitrogens is 3. The normalized spacial score (nSPS) is 12.7. The molecule has 0 aliphatic heterocycles. The molecule has 0 aliphatic carbocycles.